The number of nitrogens with zero attached hydrogens (tertiary/aromatic N) is 1. The number of ether oxygens (including phenoxy) is 1. The van der Waals surface area contributed by atoms with E-state index < -0.39 is 12.1 Å². The van der Waals surface area contributed by atoms with E-state index in [1.807, 2.05) is 0 Å². The number of hydrogen-bond acceptors (Lipinski definition) is 5. The largest absolute Gasteiger partial charge is 0.479 e. The summed E-state index contributed by atoms with van der Waals surface area (Å²) < 4.78 is 5.31. The van der Waals surface area contributed by atoms with Crippen molar-refractivity contribution in [1.29, 1.82) is 0 Å². The number of thioether (sulfide) groups is 1. The van der Waals surface area contributed by atoms with Gasteiger partial charge < -0.3 is 20.1 Å². The van der Waals surface area contributed by atoms with Crippen LogP contribution in [0.5, 0.6) is 0 Å². The van der Waals surface area contributed by atoms with E-state index in [-0.39, 0.29) is 24.5 Å². The molecule has 2 atom stereocenters. The maximum atomic E-state index is 12.6. The van der Waals surface area contributed by atoms with Crippen LogP contribution in [-0.2, 0) is 14.3 Å². The highest BCUT2D eigenvalue weighted by atomic mass is 32.2. The van der Waals surface area contributed by atoms with Crippen LogP contribution in [0.3, 0.4) is 0 Å². The lowest BCUT2D eigenvalue weighted by Gasteiger charge is -2.35. The Morgan fingerprint density at radius 2 is 2.17 bits per heavy atom. The third-order valence-corrected chi connectivity index (χ3v) is 4.76. The number of fused-ring (bicyclic) bond motifs is 1. The van der Waals surface area contributed by atoms with Gasteiger partial charge in [-0.1, -0.05) is 0 Å². The van der Waals surface area contributed by atoms with Gasteiger partial charge in [0.05, 0.1) is 24.1 Å². The normalized spacial score (nSPS) is 23.9. The predicted molar refractivity (Wildman–Crippen MR) is 83.7 cm³/mol. The summed E-state index contributed by atoms with van der Waals surface area (Å²) in [4.78, 5) is 37.6. The number of carbonyl (C=O) groups is 3. The Morgan fingerprint density at radius 3 is 2.91 bits per heavy atom. The highest BCUT2D eigenvalue weighted by molar-refractivity contribution is 8.00. The minimum absolute atomic E-state index is 0.0106. The molecule has 3 rings (SSSR count). The van der Waals surface area contributed by atoms with Crippen LogP contribution in [-0.4, -0.2) is 58.8 Å². The van der Waals surface area contributed by atoms with Crippen molar-refractivity contribution in [2.75, 3.05) is 24.2 Å². The van der Waals surface area contributed by atoms with Gasteiger partial charge in [0.1, 0.15) is 0 Å². The molecule has 122 valence electrons. The molecular weight excluding hydrogens is 320 g/mol. The van der Waals surface area contributed by atoms with E-state index in [2.05, 4.69) is 5.32 Å². The van der Waals surface area contributed by atoms with Gasteiger partial charge in [0.15, 0.2) is 6.10 Å². The minimum Gasteiger partial charge on any atom is -0.479 e. The van der Waals surface area contributed by atoms with Gasteiger partial charge in [0.25, 0.3) is 5.91 Å². The number of anilines is 1. The average molecular weight is 336 g/mol. The second-order valence-electron chi connectivity index (χ2n) is 5.53. The monoisotopic (exact) mass is 336 g/mol. The zero-order chi connectivity index (χ0) is 16.6. The maximum Gasteiger partial charge on any atom is 0.334 e. The first-order valence-electron chi connectivity index (χ1n) is 7.18. The van der Waals surface area contributed by atoms with E-state index in [1.165, 1.54) is 16.7 Å². The van der Waals surface area contributed by atoms with Crippen LogP contribution in [0.15, 0.2) is 23.1 Å². The molecule has 1 aromatic carbocycles. The fraction of sp³-hybridized carbons (Fsp3) is 0.400. The molecule has 0 saturated carbocycles. The van der Waals surface area contributed by atoms with E-state index in [0.717, 1.165) is 4.90 Å². The zero-order valence-electron chi connectivity index (χ0n) is 12.4. The molecule has 0 radical (unpaired) electrons. The van der Waals surface area contributed by atoms with Crippen molar-refractivity contribution >= 4 is 35.2 Å². The van der Waals surface area contributed by atoms with Gasteiger partial charge in [-0.05, 0) is 25.1 Å². The molecule has 23 heavy (non-hydrogen) atoms. The third kappa shape index (κ3) is 3.32. The van der Waals surface area contributed by atoms with E-state index in [9.17, 15) is 14.4 Å². The number of rotatable bonds is 2. The fourth-order valence-corrected chi connectivity index (χ4v) is 3.44. The average Bonchev–Trinajstić information content (AvgIpc) is 2.52. The number of hydrogen-bond donors (Lipinski definition) is 2. The molecule has 1 fully saturated rings. The molecule has 0 aromatic heterocycles. The first kappa shape index (κ1) is 15.8. The molecule has 7 nitrogen and oxygen atoms in total. The van der Waals surface area contributed by atoms with Crippen LogP contribution in [0.2, 0.25) is 0 Å². The highest BCUT2D eigenvalue weighted by Gasteiger charge is 2.33. The van der Waals surface area contributed by atoms with E-state index >= 15 is 0 Å². The van der Waals surface area contributed by atoms with Gasteiger partial charge in [-0.15, -0.1) is 11.8 Å². The number of aliphatic carboxylic acids is 1. The van der Waals surface area contributed by atoms with Crippen molar-refractivity contribution in [1.82, 2.24) is 4.90 Å². The summed E-state index contributed by atoms with van der Waals surface area (Å²) >= 11 is 1.42. The van der Waals surface area contributed by atoms with E-state index in [4.69, 9.17) is 9.84 Å². The van der Waals surface area contributed by atoms with Crippen molar-refractivity contribution in [3.63, 3.8) is 0 Å². The van der Waals surface area contributed by atoms with Crippen LogP contribution >= 0.6 is 11.8 Å². The molecule has 1 aromatic rings. The SMILES string of the molecule is C[C@@H]1CN(C(=O)c2ccc3c(c2)NC(=O)CS3)CC(C(=O)O)O1. The van der Waals surface area contributed by atoms with Gasteiger partial charge in [0, 0.05) is 17.0 Å². The lowest BCUT2D eigenvalue weighted by atomic mass is 10.1. The Morgan fingerprint density at radius 1 is 1.39 bits per heavy atom. The lowest BCUT2D eigenvalue weighted by molar-refractivity contribution is -0.160. The quantitative estimate of drug-likeness (QED) is 0.838. The number of amides is 2. The molecule has 2 heterocycles. The number of carboxylic acids is 1. The molecule has 2 aliphatic heterocycles. The fourth-order valence-electron chi connectivity index (χ4n) is 2.65. The Bertz CT molecular complexity index is 678. The minimum atomic E-state index is -1.08. The number of carbonyl (C=O) groups excluding carboxylic acids is 2. The molecule has 0 bridgehead atoms. The lowest BCUT2D eigenvalue weighted by Crippen LogP contribution is -2.51. The molecule has 1 saturated heterocycles. The standard InChI is InChI=1S/C15H16N2O5S/c1-8-5-17(6-11(22-8)15(20)21)14(19)9-2-3-12-10(4-9)16-13(18)7-23-12/h2-4,8,11H,5-7H2,1H3,(H,16,18)(H,20,21)/t8-,11?/m1/s1. The van der Waals surface area contributed by atoms with Crippen molar-refractivity contribution < 1.29 is 24.2 Å². The van der Waals surface area contributed by atoms with Crippen LogP contribution in [0.4, 0.5) is 5.69 Å². The second-order valence-corrected chi connectivity index (χ2v) is 6.55. The van der Waals surface area contributed by atoms with Gasteiger partial charge in [0.2, 0.25) is 5.91 Å². The predicted octanol–water partition coefficient (Wildman–Crippen LogP) is 1.04. The Hall–Kier alpha value is -2.06. The van der Waals surface area contributed by atoms with Crippen LogP contribution in [0, 0.1) is 0 Å². The van der Waals surface area contributed by atoms with Crippen LogP contribution in [0.25, 0.3) is 0 Å². The summed E-state index contributed by atoms with van der Waals surface area (Å²) in [5.41, 5.74) is 1.04. The number of nitrogens with one attached hydrogen (secondary N) is 1. The molecule has 0 spiro atoms. The zero-order valence-corrected chi connectivity index (χ0v) is 13.3. The van der Waals surface area contributed by atoms with Crippen molar-refractivity contribution in [2.45, 2.75) is 24.0 Å². The first-order valence-corrected chi connectivity index (χ1v) is 8.17. The molecule has 0 aliphatic carbocycles. The van der Waals surface area contributed by atoms with Crippen molar-refractivity contribution in [3.8, 4) is 0 Å². The molecular formula is C15H16N2O5S. The molecule has 2 N–H and O–H groups in total. The van der Waals surface area contributed by atoms with E-state index in [1.54, 1.807) is 25.1 Å². The Labute approximate surface area is 137 Å². The van der Waals surface area contributed by atoms with Gasteiger partial charge in [-0.25, -0.2) is 4.79 Å². The summed E-state index contributed by atoms with van der Waals surface area (Å²) in [6.45, 7) is 2.08. The molecule has 2 aliphatic rings. The topological polar surface area (TPSA) is 95.9 Å². The van der Waals surface area contributed by atoms with Gasteiger partial charge in [-0.3, -0.25) is 9.59 Å². The summed E-state index contributed by atoms with van der Waals surface area (Å²) in [6.07, 6.45) is -1.36. The van der Waals surface area contributed by atoms with Crippen LogP contribution in [0.1, 0.15) is 17.3 Å². The molecule has 1 unspecified atom stereocenters. The summed E-state index contributed by atoms with van der Waals surface area (Å²) in [5.74, 6) is -1.08. The number of morpholine rings is 1. The summed E-state index contributed by atoms with van der Waals surface area (Å²) in [6, 6.07) is 5.13. The smallest absolute Gasteiger partial charge is 0.334 e. The van der Waals surface area contributed by atoms with Gasteiger partial charge >= 0.3 is 5.97 Å². The summed E-state index contributed by atoms with van der Waals surface area (Å²) in [5, 5.41) is 11.8. The highest BCUT2D eigenvalue weighted by Crippen LogP contribution is 2.32. The van der Waals surface area contributed by atoms with E-state index in [0.29, 0.717) is 23.5 Å². The first-order chi connectivity index (χ1) is 10.9. The number of carboxylic acid groups (broad SMARTS) is 1. The maximum absolute atomic E-state index is 12.6. The second kappa shape index (κ2) is 6.21. The third-order valence-electron chi connectivity index (χ3n) is 3.68. The molecule has 8 heteroatoms. The number of benzene rings is 1. The van der Waals surface area contributed by atoms with Crippen molar-refractivity contribution in [3.05, 3.63) is 23.8 Å². The molecule has 2 amide bonds. The van der Waals surface area contributed by atoms with Crippen molar-refractivity contribution in [2.24, 2.45) is 0 Å². The Kier molecular flexibility index (Phi) is 4.27. The Balaban J connectivity index is 1.81. The van der Waals surface area contributed by atoms with Gasteiger partial charge in [-0.2, -0.15) is 0 Å². The summed E-state index contributed by atoms with van der Waals surface area (Å²) in [7, 11) is 0. The van der Waals surface area contributed by atoms with Crippen LogP contribution < -0.4 is 5.32 Å².